The van der Waals surface area contributed by atoms with Crippen molar-refractivity contribution in [2.75, 3.05) is 20.1 Å². The Labute approximate surface area is 66.3 Å². The monoisotopic (exact) mass is 158 g/mol. The topological polar surface area (TPSA) is 55.6 Å². The zero-order valence-corrected chi connectivity index (χ0v) is 6.91. The highest BCUT2D eigenvalue weighted by Gasteiger charge is 2.29. The summed E-state index contributed by atoms with van der Waals surface area (Å²) < 4.78 is 4.99. The summed E-state index contributed by atoms with van der Waals surface area (Å²) in [4.78, 5) is 12.6. The molecular weight excluding hydrogens is 144 g/mol. The van der Waals surface area contributed by atoms with E-state index in [1.54, 1.807) is 0 Å². The van der Waals surface area contributed by atoms with Gasteiger partial charge in [0.2, 0.25) is 0 Å². The van der Waals surface area contributed by atoms with Crippen LogP contribution in [0.3, 0.4) is 0 Å². The normalized spacial score (nSPS) is 32.3. The second-order valence-electron chi connectivity index (χ2n) is 3.03. The van der Waals surface area contributed by atoms with Gasteiger partial charge >= 0.3 is 5.97 Å². The highest BCUT2D eigenvalue weighted by molar-refractivity contribution is 5.66. The zero-order chi connectivity index (χ0) is 8.43. The smallest absolute Gasteiger partial charge is 0.303 e. The lowest BCUT2D eigenvalue weighted by atomic mass is 10.2. The Bertz CT molecular complexity index is 161. The molecule has 0 aliphatic carbocycles. The first kappa shape index (κ1) is 8.49. The molecule has 64 valence electrons. The fraction of sp³-hybridized carbons (Fsp3) is 0.857. The number of rotatable bonds is 1. The summed E-state index contributed by atoms with van der Waals surface area (Å²) >= 11 is 0. The molecule has 1 aliphatic rings. The van der Waals surface area contributed by atoms with Gasteiger partial charge in [-0.2, -0.15) is 0 Å². The summed E-state index contributed by atoms with van der Waals surface area (Å²) in [6.07, 6.45) is -0.113. The van der Waals surface area contributed by atoms with Gasteiger partial charge < -0.3 is 15.4 Å². The van der Waals surface area contributed by atoms with E-state index in [2.05, 4.69) is 4.90 Å². The van der Waals surface area contributed by atoms with Crippen molar-refractivity contribution in [1.82, 2.24) is 4.90 Å². The molecule has 1 aliphatic heterocycles. The molecule has 1 saturated heterocycles. The third-order valence-electron chi connectivity index (χ3n) is 1.81. The van der Waals surface area contributed by atoms with Crippen LogP contribution in [0.4, 0.5) is 0 Å². The number of esters is 1. The van der Waals surface area contributed by atoms with Crippen LogP contribution in [0, 0.1) is 0 Å². The predicted octanol–water partition coefficient (Wildman–Crippen LogP) is -0.809. The average Bonchev–Trinajstić information content (AvgIpc) is 2.09. The first-order valence-electron chi connectivity index (χ1n) is 3.71. The maximum Gasteiger partial charge on any atom is 0.303 e. The minimum Gasteiger partial charge on any atom is -0.459 e. The number of hydrogen-bond acceptors (Lipinski definition) is 4. The van der Waals surface area contributed by atoms with Crippen molar-refractivity contribution < 1.29 is 9.53 Å². The van der Waals surface area contributed by atoms with Crippen LogP contribution in [-0.4, -0.2) is 43.2 Å². The van der Waals surface area contributed by atoms with E-state index in [4.69, 9.17) is 10.5 Å². The number of carbonyl (C=O) groups excluding carboxylic acids is 1. The number of nitrogens with two attached hydrogens (primary N) is 1. The molecule has 2 atom stereocenters. The summed E-state index contributed by atoms with van der Waals surface area (Å²) in [7, 11) is 1.96. The van der Waals surface area contributed by atoms with Gasteiger partial charge in [0.05, 0.1) is 6.04 Å². The Morgan fingerprint density at radius 2 is 2.27 bits per heavy atom. The molecule has 0 radical (unpaired) electrons. The predicted molar refractivity (Wildman–Crippen MR) is 41.0 cm³/mol. The second-order valence-corrected chi connectivity index (χ2v) is 3.03. The van der Waals surface area contributed by atoms with Gasteiger partial charge in [0.1, 0.15) is 6.10 Å². The molecule has 0 amide bonds. The highest BCUT2D eigenvalue weighted by atomic mass is 16.5. The molecule has 4 heteroatoms. The molecule has 11 heavy (non-hydrogen) atoms. The first-order valence-corrected chi connectivity index (χ1v) is 3.71. The van der Waals surface area contributed by atoms with Crippen molar-refractivity contribution in [3.05, 3.63) is 0 Å². The van der Waals surface area contributed by atoms with Crippen molar-refractivity contribution in [3.63, 3.8) is 0 Å². The number of hydrogen-bond donors (Lipinski definition) is 1. The van der Waals surface area contributed by atoms with E-state index in [1.165, 1.54) is 6.92 Å². The largest absolute Gasteiger partial charge is 0.459 e. The van der Waals surface area contributed by atoms with E-state index >= 15 is 0 Å². The molecular formula is C7H14N2O2. The van der Waals surface area contributed by atoms with Crippen molar-refractivity contribution in [2.45, 2.75) is 19.1 Å². The molecule has 1 fully saturated rings. The molecule has 2 N–H and O–H groups in total. The fourth-order valence-electron chi connectivity index (χ4n) is 1.33. The summed E-state index contributed by atoms with van der Waals surface area (Å²) in [5.74, 6) is -0.249. The molecule has 0 spiro atoms. The summed E-state index contributed by atoms with van der Waals surface area (Å²) in [5, 5.41) is 0. The van der Waals surface area contributed by atoms with Crippen LogP contribution in [0.25, 0.3) is 0 Å². The van der Waals surface area contributed by atoms with E-state index in [0.717, 1.165) is 13.1 Å². The Morgan fingerprint density at radius 3 is 2.64 bits per heavy atom. The van der Waals surface area contributed by atoms with Crippen LogP contribution in [-0.2, 0) is 9.53 Å². The maximum atomic E-state index is 10.6. The maximum absolute atomic E-state index is 10.6. The van der Waals surface area contributed by atoms with Gasteiger partial charge in [-0.25, -0.2) is 0 Å². The molecule has 1 rings (SSSR count). The van der Waals surface area contributed by atoms with Crippen LogP contribution < -0.4 is 5.73 Å². The zero-order valence-electron chi connectivity index (χ0n) is 6.91. The summed E-state index contributed by atoms with van der Waals surface area (Å²) in [5.41, 5.74) is 5.70. The Balaban J connectivity index is 2.40. The minimum absolute atomic E-state index is 0.0242. The molecule has 0 bridgehead atoms. The van der Waals surface area contributed by atoms with Crippen LogP contribution >= 0.6 is 0 Å². The van der Waals surface area contributed by atoms with Crippen LogP contribution in [0.5, 0.6) is 0 Å². The van der Waals surface area contributed by atoms with Crippen LogP contribution in [0.1, 0.15) is 6.92 Å². The van der Waals surface area contributed by atoms with Crippen LogP contribution in [0.2, 0.25) is 0 Å². The van der Waals surface area contributed by atoms with E-state index in [-0.39, 0.29) is 18.1 Å². The molecule has 0 aromatic carbocycles. The molecule has 0 saturated carbocycles. The van der Waals surface area contributed by atoms with E-state index < -0.39 is 0 Å². The molecule has 0 aromatic rings. The molecule has 1 heterocycles. The van der Waals surface area contributed by atoms with Gasteiger partial charge in [-0.05, 0) is 7.05 Å². The van der Waals surface area contributed by atoms with Crippen molar-refractivity contribution in [3.8, 4) is 0 Å². The van der Waals surface area contributed by atoms with E-state index in [1.807, 2.05) is 7.05 Å². The lowest BCUT2D eigenvalue weighted by Gasteiger charge is -2.13. The second kappa shape index (κ2) is 3.19. The van der Waals surface area contributed by atoms with Gasteiger partial charge in [0, 0.05) is 20.0 Å². The lowest BCUT2D eigenvalue weighted by Crippen LogP contribution is -2.36. The van der Waals surface area contributed by atoms with Crippen LogP contribution in [0.15, 0.2) is 0 Å². The van der Waals surface area contributed by atoms with Gasteiger partial charge in [-0.1, -0.05) is 0 Å². The SMILES string of the molecule is CC(=O)O[C@H]1CN(C)C[C@@H]1N. The van der Waals surface area contributed by atoms with Gasteiger partial charge in [0.15, 0.2) is 0 Å². The first-order chi connectivity index (χ1) is 5.09. The third-order valence-corrected chi connectivity index (χ3v) is 1.81. The van der Waals surface area contributed by atoms with Gasteiger partial charge in [-0.3, -0.25) is 4.79 Å². The average molecular weight is 158 g/mol. The Kier molecular flexibility index (Phi) is 2.46. The molecule has 4 nitrogen and oxygen atoms in total. The molecule has 0 unspecified atom stereocenters. The van der Waals surface area contributed by atoms with Gasteiger partial charge in [0.25, 0.3) is 0 Å². The van der Waals surface area contributed by atoms with Crippen molar-refractivity contribution in [2.24, 2.45) is 5.73 Å². The fourth-order valence-corrected chi connectivity index (χ4v) is 1.33. The Morgan fingerprint density at radius 1 is 1.64 bits per heavy atom. The van der Waals surface area contributed by atoms with Gasteiger partial charge in [-0.15, -0.1) is 0 Å². The quantitative estimate of drug-likeness (QED) is 0.507. The number of nitrogens with zero attached hydrogens (tertiary/aromatic N) is 1. The highest BCUT2D eigenvalue weighted by Crippen LogP contribution is 2.09. The third kappa shape index (κ3) is 2.17. The number of carbonyl (C=O) groups is 1. The lowest BCUT2D eigenvalue weighted by molar-refractivity contribution is -0.146. The van der Waals surface area contributed by atoms with Crippen molar-refractivity contribution >= 4 is 5.97 Å². The standard InChI is InChI=1S/C7H14N2O2/c1-5(10)11-7-4-9(2)3-6(7)8/h6-7H,3-4,8H2,1-2H3/t6-,7-/m0/s1. The summed E-state index contributed by atoms with van der Waals surface area (Å²) in [6, 6.07) is -0.0242. The number of ether oxygens (including phenoxy) is 1. The van der Waals surface area contributed by atoms with E-state index in [0.29, 0.717) is 0 Å². The molecule has 0 aromatic heterocycles. The van der Waals surface area contributed by atoms with Crippen molar-refractivity contribution in [1.29, 1.82) is 0 Å². The Hall–Kier alpha value is -0.610. The summed E-state index contributed by atoms with van der Waals surface area (Å²) in [6.45, 7) is 2.96. The number of likely N-dealkylation sites (tertiary alicyclic amines) is 1. The minimum atomic E-state index is -0.249. The van der Waals surface area contributed by atoms with E-state index in [9.17, 15) is 4.79 Å². The number of likely N-dealkylation sites (N-methyl/N-ethyl adjacent to an activating group) is 1.